The molecule has 94 valence electrons. The van der Waals surface area contributed by atoms with Crippen molar-refractivity contribution in [2.75, 3.05) is 12.4 Å². The third-order valence-electron chi connectivity index (χ3n) is 1.86. The molecule has 0 aromatic carbocycles. The normalized spacial score (nSPS) is 17.1. The number of fused-ring (bicyclic) bond motifs is 1. The maximum absolute atomic E-state index is 11.8. The summed E-state index contributed by atoms with van der Waals surface area (Å²) in [7, 11) is -2.25. The number of nitrogens with one attached hydrogen (secondary N) is 2. The molecule has 0 unspecified atom stereocenters. The molecule has 0 spiro atoms. The number of guanidine groups is 1. The first-order valence-electron chi connectivity index (χ1n) is 4.85. The van der Waals surface area contributed by atoms with Crippen LogP contribution in [-0.2, 0) is 10.0 Å². The number of hydrogen-bond donors (Lipinski definition) is 2. The van der Waals surface area contributed by atoms with Crippen LogP contribution in [0.15, 0.2) is 8.61 Å². The van der Waals surface area contributed by atoms with Crippen molar-refractivity contribution in [2.24, 2.45) is 4.40 Å². The Morgan fingerprint density at radius 2 is 2.18 bits per heavy atom. The number of anilines is 1. The van der Waals surface area contributed by atoms with Crippen molar-refractivity contribution in [3.8, 4) is 5.19 Å². The van der Waals surface area contributed by atoms with Gasteiger partial charge in [0, 0.05) is 6.04 Å². The fraction of sp³-hybridized carbons (Fsp3) is 0.500. The van der Waals surface area contributed by atoms with E-state index in [1.165, 1.54) is 7.11 Å². The number of aromatic nitrogens is 1. The van der Waals surface area contributed by atoms with Crippen LogP contribution in [0.2, 0.25) is 0 Å². The summed E-state index contributed by atoms with van der Waals surface area (Å²) in [5.74, 6) is 0.436. The average molecular weight is 276 g/mol. The van der Waals surface area contributed by atoms with Crippen LogP contribution in [0.25, 0.3) is 0 Å². The van der Waals surface area contributed by atoms with Crippen molar-refractivity contribution in [3.63, 3.8) is 0 Å². The second-order valence-corrected chi connectivity index (χ2v) is 6.42. The molecule has 0 radical (unpaired) electrons. The van der Waals surface area contributed by atoms with E-state index in [9.17, 15) is 8.42 Å². The first-order chi connectivity index (χ1) is 7.92. The predicted octanol–water partition coefficient (Wildman–Crippen LogP) is 0.620. The molecule has 2 rings (SSSR count). The molecule has 2 heterocycles. The zero-order valence-electron chi connectivity index (χ0n) is 9.51. The van der Waals surface area contributed by atoms with E-state index in [-0.39, 0.29) is 27.2 Å². The van der Waals surface area contributed by atoms with Crippen molar-refractivity contribution in [3.05, 3.63) is 0 Å². The molecule has 0 fully saturated rings. The molecular formula is C8H12N4O3S2. The molecule has 1 aromatic heterocycles. The Hall–Kier alpha value is -1.35. The number of rotatable bonds is 2. The van der Waals surface area contributed by atoms with Gasteiger partial charge in [-0.25, -0.2) is 0 Å². The fourth-order valence-corrected chi connectivity index (χ4v) is 3.34. The Morgan fingerprint density at radius 3 is 2.76 bits per heavy atom. The largest absolute Gasteiger partial charge is 0.473 e. The highest BCUT2D eigenvalue weighted by molar-refractivity contribution is 7.92. The van der Waals surface area contributed by atoms with E-state index in [2.05, 4.69) is 20.0 Å². The van der Waals surface area contributed by atoms with E-state index in [0.29, 0.717) is 0 Å². The molecule has 0 saturated heterocycles. The molecule has 2 N–H and O–H groups in total. The monoisotopic (exact) mass is 276 g/mol. The summed E-state index contributed by atoms with van der Waals surface area (Å²) in [6.07, 6.45) is 0. The summed E-state index contributed by atoms with van der Waals surface area (Å²) in [4.78, 5) is 4.01. The standard InChI is InChI=1S/C8H12N4O3S2/c1-4(2)9-7-10-5-6(17(13,14)12-7)16-8(11-5)15-3/h4H,1-3H3,(H2,9,10,12). The van der Waals surface area contributed by atoms with Crippen LogP contribution in [0, 0.1) is 0 Å². The molecule has 0 amide bonds. The number of methoxy groups -OCH3 is 1. The Morgan fingerprint density at radius 1 is 1.47 bits per heavy atom. The summed E-state index contributed by atoms with van der Waals surface area (Å²) in [6, 6.07) is 0.0681. The molecule has 0 atom stereocenters. The van der Waals surface area contributed by atoms with Crippen LogP contribution in [-0.4, -0.2) is 32.5 Å². The summed E-state index contributed by atoms with van der Waals surface area (Å²) in [5, 5.41) is 5.99. The topological polar surface area (TPSA) is 92.7 Å². The van der Waals surface area contributed by atoms with Gasteiger partial charge in [0.1, 0.15) is 0 Å². The molecule has 9 heteroatoms. The van der Waals surface area contributed by atoms with Gasteiger partial charge in [0.15, 0.2) is 10.0 Å². The van der Waals surface area contributed by atoms with Crippen LogP contribution in [0.5, 0.6) is 5.19 Å². The Labute approximate surface area is 103 Å². The van der Waals surface area contributed by atoms with Crippen molar-refractivity contribution in [1.82, 2.24) is 10.3 Å². The number of thiazole rings is 1. The third kappa shape index (κ3) is 2.34. The molecule has 0 aliphatic carbocycles. The molecule has 0 bridgehead atoms. The van der Waals surface area contributed by atoms with Gasteiger partial charge in [-0.05, 0) is 13.8 Å². The Balaban J connectivity index is 2.40. The second-order valence-electron chi connectivity index (χ2n) is 3.66. The smallest absolute Gasteiger partial charge is 0.298 e. The van der Waals surface area contributed by atoms with Gasteiger partial charge in [0.25, 0.3) is 15.2 Å². The Bertz CT molecular complexity index is 561. The van der Waals surface area contributed by atoms with Crippen LogP contribution in [0.4, 0.5) is 5.82 Å². The van der Waals surface area contributed by atoms with Gasteiger partial charge in [-0.3, -0.25) is 0 Å². The lowest BCUT2D eigenvalue weighted by Crippen LogP contribution is -2.38. The lowest BCUT2D eigenvalue weighted by Gasteiger charge is -2.16. The number of sulfonamides is 1. The van der Waals surface area contributed by atoms with E-state index in [1.807, 2.05) is 13.8 Å². The zero-order valence-corrected chi connectivity index (χ0v) is 11.1. The molecule has 1 aromatic rings. The molecule has 7 nitrogen and oxygen atoms in total. The van der Waals surface area contributed by atoms with Crippen molar-refractivity contribution in [2.45, 2.75) is 24.1 Å². The summed E-state index contributed by atoms with van der Waals surface area (Å²) in [5.41, 5.74) is 0. The summed E-state index contributed by atoms with van der Waals surface area (Å²) in [6.45, 7) is 3.77. The second kappa shape index (κ2) is 4.15. The number of nitrogens with zero attached hydrogens (tertiary/aromatic N) is 2. The SMILES string of the molecule is COc1nc2c(s1)S(=O)(=O)N=C(NC(C)C)N2. The van der Waals surface area contributed by atoms with Crippen LogP contribution >= 0.6 is 11.3 Å². The van der Waals surface area contributed by atoms with Crippen LogP contribution in [0.1, 0.15) is 13.8 Å². The van der Waals surface area contributed by atoms with Crippen LogP contribution < -0.4 is 15.4 Å². The highest BCUT2D eigenvalue weighted by atomic mass is 32.2. The summed E-state index contributed by atoms with van der Waals surface area (Å²) >= 11 is 0.945. The zero-order chi connectivity index (χ0) is 12.6. The predicted molar refractivity (Wildman–Crippen MR) is 65.2 cm³/mol. The van der Waals surface area contributed by atoms with Crippen LogP contribution in [0.3, 0.4) is 0 Å². The quantitative estimate of drug-likeness (QED) is 0.822. The van der Waals surface area contributed by atoms with E-state index in [0.717, 1.165) is 11.3 Å². The average Bonchev–Trinajstić information content (AvgIpc) is 2.59. The molecular weight excluding hydrogens is 264 g/mol. The maximum atomic E-state index is 11.8. The molecule has 1 aliphatic heterocycles. The van der Waals surface area contributed by atoms with Gasteiger partial charge < -0.3 is 15.4 Å². The molecule has 1 aliphatic rings. The van der Waals surface area contributed by atoms with Gasteiger partial charge in [-0.1, -0.05) is 11.3 Å². The third-order valence-corrected chi connectivity index (χ3v) is 4.64. The van der Waals surface area contributed by atoms with Gasteiger partial charge in [0.2, 0.25) is 5.96 Å². The van der Waals surface area contributed by atoms with Gasteiger partial charge in [-0.15, -0.1) is 4.40 Å². The highest BCUT2D eigenvalue weighted by Gasteiger charge is 2.30. The van der Waals surface area contributed by atoms with Gasteiger partial charge in [-0.2, -0.15) is 13.4 Å². The first-order valence-corrected chi connectivity index (χ1v) is 7.11. The lowest BCUT2D eigenvalue weighted by molar-refractivity contribution is 0.412. The van der Waals surface area contributed by atoms with Crippen molar-refractivity contribution >= 4 is 33.1 Å². The number of ether oxygens (including phenoxy) is 1. The van der Waals surface area contributed by atoms with E-state index < -0.39 is 10.0 Å². The minimum absolute atomic E-state index is 0.0681. The van der Waals surface area contributed by atoms with E-state index in [4.69, 9.17) is 4.74 Å². The fourth-order valence-electron chi connectivity index (χ4n) is 1.26. The van der Waals surface area contributed by atoms with Crippen molar-refractivity contribution < 1.29 is 13.2 Å². The minimum atomic E-state index is -3.69. The first kappa shape index (κ1) is 12.1. The highest BCUT2D eigenvalue weighted by Crippen LogP contribution is 2.35. The maximum Gasteiger partial charge on any atom is 0.298 e. The lowest BCUT2D eigenvalue weighted by atomic mass is 10.4. The molecule has 0 saturated carbocycles. The minimum Gasteiger partial charge on any atom is -0.473 e. The van der Waals surface area contributed by atoms with E-state index >= 15 is 0 Å². The molecule has 17 heavy (non-hydrogen) atoms. The number of hydrogen-bond acceptors (Lipinski definition) is 7. The van der Waals surface area contributed by atoms with Crippen molar-refractivity contribution in [1.29, 1.82) is 0 Å². The van der Waals surface area contributed by atoms with E-state index in [1.54, 1.807) is 0 Å². The van der Waals surface area contributed by atoms with Gasteiger partial charge >= 0.3 is 0 Å². The summed E-state index contributed by atoms with van der Waals surface area (Å²) < 4.78 is 32.3. The Kier molecular flexibility index (Phi) is 2.96. The van der Waals surface area contributed by atoms with Gasteiger partial charge in [0.05, 0.1) is 7.11 Å².